The van der Waals surface area contributed by atoms with E-state index in [0.29, 0.717) is 18.9 Å². The van der Waals surface area contributed by atoms with Gasteiger partial charge in [-0.15, -0.1) is 0 Å². The standard InChI is InChI=1S/C25H31N5O3/c1-17-6-5-7-21(27-17)29-22-16-26-15-20(28-22)18-8-12-30(13-9-18)24(32)19-14-23(31)33-25(19)10-3-2-4-11-25/h5-7,15-16,18-19H,2-4,8-14H2,1H3,(H,27,28,29)/t19-/m1/s1. The number of hydrogen-bond donors (Lipinski definition) is 1. The Balaban J connectivity index is 1.22. The Morgan fingerprint density at radius 2 is 1.88 bits per heavy atom. The Morgan fingerprint density at radius 1 is 1.09 bits per heavy atom. The highest BCUT2D eigenvalue weighted by Gasteiger charge is 2.53. The minimum absolute atomic E-state index is 0.0909. The Kier molecular flexibility index (Phi) is 6.00. The molecule has 1 saturated carbocycles. The average Bonchev–Trinajstić information content (AvgIpc) is 3.14. The van der Waals surface area contributed by atoms with Gasteiger partial charge in [0.1, 0.15) is 17.2 Å². The highest BCUT2D eigenvalue weighted by Crippen LogP contribution is 2.45. The SMILES string of the molecule is Cc1cccc(Nc2cncc(C3CCN(C(=O)[C@H]4CC(=O)OC45CCCCC5)CC3)n2)n1. The summed E-state index contributed by atoms with van der Waals surface area (Å²) < 4.78 is 5.76. The summed E-state index contributed by atoms with van der Waals surface area (Å²) in [6, 6.07) is 5.81. The van der Waals surface area contributed by atoms with Crippen LogP contribution in [0.1, 0.15) is 68.7 Å². The van der Waals surface area contributed by atoms with Crippen molar-refractivity contribution in [3.05, 3.63) is 42.0 Å². The molecule has 1 N–H and O–H groups in total. The van der Waals surface area contributed by atoms with Crippen LogP contribution in [0.2, 0.25) is 0 Å². The zero-order valence-corrected chi connectivity index (χ0v) is 19.1. The summed E-state index contributed by atoms with van der Waals surface area (Å²) in [6.45, 7) is 3.29. The highest BCUT2D eigenvalue weighted by molar-refractivity contribution is 5.88. The largest absolute Gasteiger partial charge is 0.458 e. The van der Waals surface area contributed by atoms with E-state index in [9.17, 15) is 9.59 Å². The molecule has 2 aromatic rings. The van der Waals surface area contributed by atoms with E-state index in [1.165, 1.54) is 0 Å². The van der Waals surface area contributed by atoms with Gasteiger partial charge in [-0.25, -0.2) is 9.97 Å². The summed E-state index contributed by atoms with van der Waals surface area (Å²) in [5.74, 6) is 1.22. The molecule has 5 rings (SSSR count). The molecule has 0 radical (unpaired) electrons. The van der Waals surface area contributed by atoms with Crippen molar-refractivity contribution in [1.29, 1.82) is 0 Å². The number of aromatic nitrogens is 3. The van der Waals surface area contributed by atoms with Gasteiger partial charge in [0.25, 0.3) is 0 Å². The third-order valence-electron chi connectivity index (χ3n) is 7.34. The number of nitrogens with zero attached hydrogens (tertiary/aromatic N) is 4. The van der Waals surface area contributed by atoms with E-state index in [1.807, 2.05) is 36.2 Å². The molecule has 1 aliphatic carbocycles. The molecule has 3 fully saturated rings. The Hall–Kier alpha value is -3.03. The average molecular weight is 450 g/mol. The first-order valence-electron chi connectivity index (χ1n) is 12.1. The number of pyridine rings is 1. The number of likely N-dealkylation sites (tertiary alicyclic amines) is 1. The lowest BCUT2D eigenvalue weighted by Crippen LogP contribution is -2.49. The number of amides is 1. The van der Waals surface area contributed by atoms with Crippen LogP contribution in [-0.4, -0.2) is 50.4 Å². The maximum Gasteiger partial charge on any atom is 0.307 e. The lowest BCUT2D eigenvalue weighted by molar-refractivity contribution is -0.156. The molecule has 1 spiro atoms. The second-order valence-electron chi connectivity index (χ2n) is 9.57. The van der Waals surface area contributed by atoms with Crippen LogP contribution in [0.15, 0.2) is 30.6 Å². The summed E-state index contributed by atoms with van der Waals surface area (Å²) >= 11 is 0. The zero-order chi connectivity index (χ0) is 22.8. The van der Waals surface area contributed by atoms with Gasteiger partial charge in [-0.2, -0.15) is 0 Å². The molecule has 0 aromatic carbocycles. The predicted octanol–water partition coefficient (Wildman–Crippen LogP) is 3.90. The van der Waals surface area contributed by atoms with Crippen molar-refractivity contribution in [2.24, 2.45) is 5.92 Å². The lowest BCUT2D eigenvalue weighted by Gasteiger charge is -2.39. The molecule has 2 saturated heterocycles. The monoisotopic (exact) mass is 449 g/mol. The first-order chi connectivity index (χ1) is 16.0. The number of ether oxygens (including phenoxy) is 1. The quantitative estimate of drug-likeness (QED) is 0.707. The number of carbonyl (C=O) groups is 2. The number of aryl methyl sites for hydroxylation is 1. The smallest absolute Gasteiger partial charge is 0.307 e. The van der Waals surface area contributed by atoms with E-state index in [1.54, 1.807) is 6.20 Å². The van der Waals surface area contributed by atoms with Gasteiger partial charge in [0.15, 0.2) is 0 Å². The minimum Gasteiger partial charge on any atom is -0.458 e. The third kappa shape index (κ3) is 4.56. The molecule has 1 amide bonds. The van der Waals surface area contributed by atoms with Gasteiger partial charge < -0.3 is 15.0 Å². The van der Waals surface area contributed by atoms with Crippen molar-refractivity contribution in [3.63, 3.8) is 0 Å². The summed E-state index contributed by atoms with van der Waals surface area (Å²) in [4.78, 5) is 41.0. The molecule has 3 aliphatic rings. The molecule has 8 heteroatoms. The zero-order valence-electron chi connectivity index (χ0n) is 19.1. The molecule has 2 aliphatic heterocycles. The highest BCUT2D eigenvalue weighted by atomic mass is 16.6. The molecule has 0 unspecified atom stereocenters. The number of carbonyl (C=O) groups excluding carboxylic acids is 2. The number of anilines is 2. The van der Waals surface area contributed by atoms with E-state index >= 15 is 0 Å². The molecule has 0 bridgehead atoms. The van der Waals surface area contributed by atoms with Gasteiger partial charge in [0, 0.05) is 30.9 Å². The summed E-state index contributed by atoms with van der Waals surface area (Å²) in [5.41, 5.74) is 1.31. The number of rotatable bonds is 4. The summed E-state index contributed by atoms with van der Waals surface area (Å²) in [7, 11) is 0. The number of nitrogens with one attached hydrogen (secondary N) is 1. The van der Waals surface area contributed by atoms with E-state index in [0.717, 1.165) is 62.2 Å². The molecular formula is C25H31N5O3. The second-order valence-corrected chi connectivity index (χ2v) is 9.57. The number of esters is 1. The molecule has 4 heterocycles. The van der Waals surface area contributed by atoms with Crippen molar-refractivity contribution in [3.8, 4) is 0 Å². The van der Waals surface area contributed by atoms with E-state index < -0.39 is 5.60 Å². The van der Waals surface area contributed by atoms with Crippen LogP contribution in [0, 0.1) is 12.8 Å². The Labute approximate surface area is 194 Å². The van der Waals surface area contributed by atoms with Crippen LogP contribution in [0.3, 0.4) is 0 Å². The first-order valence-corrected chi connectivity index (χ1v) is 12.1. The molecule has 8 nitrogen and oxygen atoms in total. The van der Waals surface area contributed by atoms with Crippen molar-refractivity contribution < 1.29 is 14.3 Å². The molecular weight excluding hydrogens is 418 g/mol. The second kappa shape index (κ2) is 9.08. The predicted molar refractivity (Wildman–Crippen MR) is 123 cm³/mol. The van der Waals surface area contributed by atoms with Gasteiger partial charge in [0.2, 0.25) is 5.91 Å². The number of piperidine rings is 1. The molecule has 33 heavy (non-hydrogen) atoms. The van der Waals surface area contributed by atoms with Gasteiger partial charge in [-0.05, 0) is 57.6 Å². The topological polar surface area (TPSA) is 97.3 Å². The fourth-order valence-corrected chi connectivity index (χ4v) is 5.60. The van der Waals surface area contributed by atoms with Crippen molar-refractivity contribution >= 4 is 23.5 Å². The van der Waals surface area contributed by atoms with Gasteiger partial charge in [-0.3, -0.25) is 14.6 Å². The van der Waals surface area contributed by atoms with Crippen molar-refractivity contribution in [2.45, 2.75) is 69.8 Å². The van der Waals surface area contributed by atoms with E-state index in [-0.39, 0.29) is 30.1 Å². The first kappa shape index (κ1) is 21.8. The van der Waals surface area contributed by atoms with Gasteiger partial charge in [0.05, 0.1) is 24.2 Å². The van der Waals surface area contributed by atoms with Gasteiger partial charge >= 0.3 is 5.97 Å². The van der Waals surface area contributed by atoms with Crippen LogP contribution in [0.5, 0.6) is 0 Å². The Morgan fingerprint density at radius 3 is 2.64 bits per heavy atom. The third-order valence-corrected chi connectivity index (χ3v) is 7.34. The molecule has 174 valence electrons. The van der Waals surface area contributed by atoms with Crippen LogP contribution in [-0.2, 0) is 14.3 Å². The maximum atomic E-state index is 13.4. The van der Waals surface area contributed by atoms with Crippen molar-refractivity contribution in [1.82, 2.24) is 19.9 Å². The van der Waals surface area contributed by atoms with Crippen LogP contribution >= 0.6 is 0 Å². The number of hydrogen-bond acceptors (Lipinski definition) is 7. The van der Waals surface area contributed by atoms with E-state index in [4.69, 9.17) is 9.72 Å². The van der Waals surface area contributed by atoms with Crippen LogP contribution in [0.4, 0.5) is 11.6 Å². The van der Waals surface area contributed by atoms with Gasteiger partial charge in [-0.1, -0.05) is 12.5 Å². The van der Waals surface area contributed by atoms with E-state index in [2.05, 4.69) is 15.3 Å². The van der Waals surface area contributed by atoms with Crippen LogP contribution < -0.4 is 5.32 Å². The maximum absolute atomic E-state index is 13.4. The lowest BCUT2D eigenvalue weighted by atomic mass is 9.75. The van der Waals surface area contributed by atoms with Crippen LogP contribution in [0.25, 0.3) is 0 Å². The fourth-order valence-electron chi connectivity index (χ4n) is 5.60. The Bertz CT molecular complexity index is 1030. The summed E-state index contributed by atoms with van der Waals surface area (Å²) in [6.07, 6.45) is 10.3. The fraction of sp³-hybridized carbons (Fsp3) is 0.560. The molecule has 2 aromatic heterocycles. The molecule has 1 atom stereocenters. The minimum atomic E-state index is -0.557. The normalized spacial score (nSPS) is 22.9. The van der Waals surface area contributed by atoms with Crippen molar-refractivity contribution in [2.75, 3.05) is 18.4 Å². The summed E-state index contributed by atoms with van der Waals surface area (Å²) in [5, 5.41) is 3.23.